The molecule has 0 saturated carbocycles. The van der Waals surface area contributed by atoms with E-state index >= 15 is 0 Å². The maximum atomic E-state index is 12.4. The van der Waals surface area contributed by atoms with Crippen LogP contribution in [0.1, 0.15) is 95.4 Å². The van der Waals surface area contributed by atoms with Crippen molar-refractivity contribution in [2.75, 3.05) is 29.6 Å². The van der Waals surface area contributed by atoms with Gasteiger partial charge in [-0.05, 0) is 226 Å². The van der Waals surface area contributed by atoms with Crippen molar-refractivity contribution in [3.05, 3.63) is 301 Å². The number of benzene rings is 9. The van der Waals surface area contributed by atoms with Gasteiger partial charge in [-0.1, -0.05) is 126 Å². The number of carboxylic acids is 1. The van der Waals surface area contributed by atoms with E-state index in [0.717, 1.165) is 78.9 Å². The third kappa shape index (κ3) is 20.4. The monoisotopic (exact) mass is 1410 g/mol. The molecule has 3 aromatic heterocycles. The van der Waals surface area contributed by atoms with Gasteiger partial charge in [0.2, 0.25) is 0 Å². The van der Waals surface area contributed by atoms with Crippen molar-refractivity contribution in [3.63, 3.8) is 0 Å². The molecule has 12 rings (SSSR count). The summed E-state index contributed by atoms with van der Waals surface area (Å²) in [6, 6.07) is 67.5. The van der Waals surface area contributed by atoms with Crippen LogP contribution in [-0.2, 0) is 62.8 Å². The average molecular weight is 1420 g/mol. The number of aromatic nitrogens is 3. The summed E-state index contributed by atoms with van der Waals surface area (Å²) >= 11 is 22.5. The number of nitrogens with one attached hydrogen (secondary N) is 2. The molecule has 6 N–H and O–H groups in total. The Bertz CT molecular complexity index is 4810. The third-order valence-corrected chi connectivity index (χ3v) is 17.4. The maximum absolute atomic E-state index is 12.4. The number of anilines is 3. The Morgan fingerprint density at radius 2 is 0.710 bits per heavy atom. The van der Waals surface area contributed by atoms with Crippen molar-refractivity contribution in [2.45, 2.75) is 73.5 Å². The number of fused-ring (bicyclic) bond motifs is 3. The van der Waals surface area contributed by atoms with E-state index < -0.39 is 11.2 Å². The molecule has 0 saturated heterocycles. The van der Waals surface area contributed by atoms with Gasteiger partial charge in [0.15, 0.2) is 0 Å². The van der Waals surface area contributed by atoms with E-state index in [1.807, 2.05) is 175 Å². The first-order chi connectivity index (χ1) is 47.2. The smallest absolute Gasteiger partial charge is 0.870 e. The van der Waals surface area contributed by atoms with Crippen molar-refractivity contribution < 1.29 is 67.7 Å². The first-order valence-corrected chi connectivity index (χ1v) is 33.0. The third-order valence-electron chi connectivity index (χ3n) is 16.4. The topological polar surface area (TPSA) is 236 Å². The van der Waals surface area contributed by atoms with Gasteiger partial charge in [0.1, 0.15) is 19.6 Å². The number of amides is 2. The first-order valence-electron chi connectivity index (χ1n) is 31.5. The molecule has 0 atom stereocenters. The Labute approximate surface area is 612 Å². The molecule has 16 nitrogen and oxygen atoms in total. The molecular formula is C79H73Cl4LiN6O10. The molecule has 2 amide bonds. The van der Waals surface area contributed by atoms with Crippen LogP contribution >= 0.6 is 46.4 Å². The van der Waals surface area contributed by atoms with Crippen LogP contribution < -0.4 is 35.2 Å². The van der Waals surface area contributed by atoms with E-state index in [0.29, 0.717) is 63.5 Å². The van der Waals surface area contributed by atoms with Crippen molar-refractivity contribution in [1.82, 2.24) is 13.7 Å². The van der Waals surface area contributed by atoms with E-state index in [-0.39, 0.29) is 67.7 Å². The summed E-state index contributed by atoms with van der Waals surface area (Å²) in [7, 11) is 0. The zero-order valence-electron chi connectivity index (χ0n) is 56.0. The Kier molecular flexibility index (Phi) is 28.5. The second-order valence-corrected chi connectivity index (χ2v) is 24.5. The predicted octanol–water partition coefficient (Wildman–Crippen LogP) is 14.8. The molecule has 0 unspecified atom stereocenters. The van der Waals surface area contributed by atoms with Gasteiger partial charge in [-0.25, -0.2) is 0 Å². The number of aliphatic carboxylic acids is 1. The van der Waals surface area contributed by atoms with Gasteiger partial charge >= 0.3 is 36.8 Å². The molecule has 0 aliphatic carbocycles. The number of carbonyl (C=O) groups excluding carboxylic acids is 5. The molecule has 0 spiro atoms. The van der Waals surface area contributed by atoms with Crippen LogP contribution in [0.3, 0.4) is 0 Å². The molecule has 0 bridgehead atoms. The first kappa shape index (κ1) is 77.5. The summed E-state index contributed by atoms with van der Waals surface area (Å²) < 4.78 is 16.2. The van der Waals surface area contributed by atoms with Crippen molar-refractivity contribution in [3.8, 4) is 0 Å². The number of nitrogen functional groups attached to an aromatic ring is 1. The van der Waals surface area contributed by atoms with E-state index in [1.54, 1.807) is 72.8 Å². The Hall–Kier alpha value is -9.86. The number of ether oxygens (including phenoxy) is 2. The number of para-hydroxylation sites is 3. The number of nitrogens with zero attached hydrogens (tertiary/aromatic N) is 3. The number of hydrogen-bond donors (Lipinski definition) is 4. The molecule has 100 heavy (non-hydrogen) atoms. The molecule has 9 aromatic carbocycles. The molecule has 0 aliphatic heterocycles. The van der Waals surface area contributed by atoms with Gasteiger partial charge in [-0.15, -0.1) is 0 Å². The number of hydrogen-bond acceptors (Lipinski definition) is 10. The fraction of sp³-hybridized carbons (Fsp3) is 0.165. The Balaban J connectivity index is 0.000000197. The van der Waals surface area contributed by atoms with E-state index in [1.165, 1.54) is 22.1 Å². The Morgan fingerprint density at radius 1 is 0.420 bits per heavy atom. The molecule has 0 aliphatic rings. The predicted molar refractivity (Wildman–Crippen MR) is 395 cm³/mol. The fourth-order valence-electron chi connectivity index (χ4n) is 11.4. The number of nitrogens with two attached hydrogens (primary N) is 1. The SMILES string of the molecule is CCOC(=O)Cn1c(C)c(Cc2ccc(N)cc2)c2ccccc21.CCOC(=O)Cn1c(C)c(Cc2ccc(NC(=O)c3ccc(Cl)cc3)cc2)c2ccccc21.Cc1c(Cc2ccc(NC(=O)c3ccc(Cl)cc3)cc2)c2ccccc2n1CC(=O)O.O=C(Cl)c1ccc(Cl)cc1.[Li+].[OH-]. The van der Waals surface area contributed by atoms with Crippen molar-refractivity contribution in [1.29, 1.82) is 0 Å². The van der Waals surface area contributed by atoms with Crippen LogP contribution in [0.15, 0.2) is 218 Å². The minimum absolute atomic E-state index is 0. The van der Waals surface area contributed by atoms with Gasteiger partial charge in [-0.2, -0.15) is 0 Å². The molecule has 508 valence electrons. The zero-order valence-corrected chi connectivity index (χ0v) is 59.1. The van der Waals surface area contributed by atoms with Gasteiger partial charge < -0.3 is 50.1 Å². The van der Waals surface area contributed by atoms with Gasteiger partial charge in [0.25, 0.3) is 17.1 Å². The van der Waals surface area contributed by atoms with Crippen molar-refractivity contribution >= 4 is 131 Å². The largest absolute Gasteiger partial charge is 1.00 e. The molecule has 21 heteroatoms. The minimum atomic E-state index is -0.865. The minimum Gasteiger partial charge on any atom is -0.870 e. The summed E-state index contributed by atoms with van der Waals surface area (Å²) in [5, 5.41) is 19.8. The zero-order chi connectivity index (χ0) is 70.0. The van der Waals surface area contributed by atoms with Gasteiger partial charge in [0.05, 0.1) is 13.2 Å². The number of carboxylic acid groups (broad SMARTS) is 1. The maximum Gasteiger partial charge on any atom is 1.00 e. The quantitative estimate of drug-likeness (QED) is 0.0257. The van der Waals surface area contributed by atoms with E-state index in [4.69, 9.17) is 61.6 Å². The van der Waals surface area contributed by atoms with E-state index in [2.05, 4.69) is 29.7 Å². The summed E-state index contributed by atoms with van der Waals surface area (Å²) in [4.78, 5) is 70.7. The molecular weight excluding hydrogens is 1340 g/mol. The number of rotatable bonds is 19. The normalized spacial score (nSPS) is 10.5. The van der Waals surface area contributed by atoms with Crippen LogP contribution in [0.2, 0.25) is 15.1 Å². The standard InChI is InChI=1S/C27H25ClN2O3.C25H21ClN2O3.C20H22N2O2.C7H4Cl2O.Li.H2O/c1-3-33-26(31)17-30-18(2)24(23-6-4-5-7-25(23)30)16-19-8-14-22(15-9-19)29-27(32)20-10-12-21(28)13-11-20;1-16-22(21-4-2-3-5-23(21)28(16)15-24(29)30)14-17-6-12-20(13-7-17)27-25(31)18-8-10-19(26)11-9-18;1-3-24-20(23)13-22-14(2)18(17-6-4-5-7-19(17)22)12-15-8-10-16(21)11-9-15;8-6-3-1-5(2-4-6)7(9)10;;/h4-15H,3,16-17H2,1-2H3,(H,29,32);2-13H,14-15H2,1H3,(H,27,31)(H,29,30);4-11H,3,12-13,21H2,1-2H3;1-4H;;1H2/q;;;;+1;/p-1. The van der Waals surface area contributed by atoms with Crippen LogP contribution in [0.5, 0.6) is 0 Å². The fourth-order valence-corrected chi connectivity index (χ4v) is 11.9. The summed E-state index contributed by atoms with van der Waals surface area (Å²) in [5.74, 6) is -1.69. The second-order valence-electron chi connectivity index (χ2n) is 22.9. The number of esters is 2. The summed E-state index contributed by atoms with van der Waals surface area (Å²) in [5.41, 5.74) is 22.5. The number of halogens is 4. The summed E-state index contributed by atoms with van der Waals surface area (Å²) in [6.07, 6.45) is 2.19. The molecule has 0 radical (unpaired) electrons. The average Bonchev–Trinajstić information content (AvgIpc) is 1.64. The van der Waals surface area contributed by atoms with Gasteiger partial charge in [0, 0.05) is 98.6 Å². The Morgan fingerprint density at radius 3 is 1.01 bits per heavy atom. The van der Waals surface area contributed by atoms with Crippen LogP contribution in [0.25, 0.3) is 32.7 Å². The van der Waals surface area contributed by atoms with Gasteiger partial charge in [-0.3, -0.25) is 28.8 Å². The van der Waals surface area contributed by atoms with Crippen LogP contribution in [0, 0.1) is 20.8 Å². The van der Waals surface area contributed by atoms with E-state index in [9.17, 15) is 33.9 Å². The summed E-state index contributed by atoms with van der Waals surface area (Å²) in [6.45, 7) is 10.8. The molecule has 12 aromatic rings. The van der Waals surface area contributed by atoms with Crippen molar-refractivity contribution in [2.24, 2.45) is 0 Å². The van der Waals surface area contributed by atoms with Crippen LogP contribution in [-0.4, -0.2) is 72.5 Å². The number of carbonyl (C=O) groups is 6. The van der Waals surface area contributed by atoms with Crippen LogP contribution in [0.4, 0.5) is 17.1 Å². The second kappa shape index (κ2) is 36.8. The molecule has 3 heterocycles. The molecule has 0 fully saturated rings.